The van der Waals surface area contributed by atoms with Gasteiger partial charge in [-0.05, 0) is 37.6 Å². The van der Waals surface area contributed by atoms with Crippen molar-refractivity contribution in [3.8, 4) is 0 Å². The fourth-order valence-corrected chi connectivity index (χ4v) is 1.45. The molecule has 16 heavy (non-hydrogen) atoms. The van der Waals surface area contributed by atoms with Crippen molar-refractivity contribution in [2.45, 2.75) is 25.8 Å². The third-order valence-corrected chi connectivity index (χ3v) is 2.42. The number of halogens is 1. The third kappa shape index (κ3) is 4.40. The molecule has 0 aliphatic carbocycles. The molecule has 0 heterocycles. The highest BCUT2D eigenvalue weighted by Gasteiger charge is 2.04. The Hall–Kier alpha value is -1.42. The Balaban J connectivity index is 2.32. The number of benzene rings is 1. The molecule has 88 valence electrons. The Morgan fingerprint density at radius 1 is 1.44 bits per heavy atom. The van der Waals surface area contributed by atoms with E-state index in [-0.39, 0.29) is 17.8 Å². The first-order valence-electron chi connectivity index (χ1n) is 5.36. The molecule has 0 aliphatic rings. The molecule has 1 amide bonds. The zero-order chi connectivity index (χ0) is 12.0. The number of carbonyl (C=O) groups excluding carboxylic acids is 1. The Labute approximate surface area is 94.8 Å². The summed E-state index contributed by atoms with van der Waals surface area (Å²) in [5, 5.41) is 3.24. The van der Waals surface area contributed by atoms with Crippen molar-refractivity contribution >= 4 is 5.91 Å². The summed E-state index contributed by atoms with van der Waals surface area (Å²) in [6.07, 6.45) is 1.12. The number of nitrogens with two attached hydrogens (primary N) is 1. The second kappa shape index (κ2) is 6.23. The Kier molecular flexibility index (Phi) is 4.92. The molecule has 0 aliphatic heterocycles. The van der Waals surface area contributed by atoms with Crippen LogP contribution in [0.1, 0.15) is 31.4 Å². The molecule has 0 saturated heterocycles. The quantitative estimate of drug-likeness (QED) is 0.723. The highest BCUT2D eigenvalue weighted by molar-refractivity contribution is 5.73. The van der Waals surface area contributed by atoms with Gasteiger partial charge in [-0.15, -0.1) is 0 Å². The highest BCUT2D eigenvalue weighted by Crippen LogP contribution is 2.12. The van der Waals surface area contributed by atoms with E-state index < -0.39 is 0 Å². The maximum absolute atomic E-state index is 12.7. The van der Waals surface area contributed by atoms with Crippen LogP contribution in [-0.2, 0) is 4.79 Å². The topological polar surface area (TPSA) is 55.1 Å². The average molecular weight is 224 g/mol. The van der Waals surface area contributed by atoms with E-state index in [2.05, 4.69) is 5.32 Å². The Morgan fingerprint density at radius 3 is 2.62 bits per heavy atom. The van der Waals surface area contributed by atoms with Gasteiger partial charge in [0, 0.05) is 12.5 Å². The van der Waals surface area contributed by atoms with Crippen molar-refractivity contribution in [2.75, 3.05) is 6.54 Å². The van der Waals surface area contributed by atoms with E-state index in [9.17, 15) is 9.18 Å². The van der Waals surface area contributed by atoms with Gasteiger partial charge < -0.3 is 11.1 Å². The SMILES string of the molecule is CC(NCCCC(N)=O)c1ccc(F)cc1. The Bertz CT molecular complexity index is 337. The molecule has 0 bridgehead atoms. The number of carbonyl (C=O) groups is 1. The minimum atomic E-state index is -0.281. The summed E-state index contributed by atoms with van der Waals surface area (Å²) >= 11 is 0. The first-order valence-corrected chi connectivity index (χ1v) is 5.36. The van der Waals surface area contributed by atoms with E-state index in [0.717, 1.165) is 18.5 Å². The van der Waals surface area contributed by atoms with Crippen molar-refractivity contribution in [2.24, 2.45) is 5.73 Å². The Morgan fingerprint density at radius 2 is 2.06 bits per heavy atom. The molecule has 1 atom stereocenters. The van der Waals surface area contributed by atoms with Crippen LogP contribution in [0.4, 0.5) is 4.39 Å². The van der Waals surface area contributed by atoms with Crippen LogP contribution in [0.2, 0.25) is 0 Å². The molecular formula is C12H17FN2O. The van der Waals surface area contributed by atoms with Crippen LogP contribution in [0.3, 0.4) is 0 Å². The first-order chi connectivity index (χ1) is 7.59. The van der Waals surface area contributed by atoms with Crippen molar-refractivity contribution in [1.82, 2.24) is 5.32 Å². The number of amides is 1. The maximum atomic E-state index is 12.7. The average Bonchev–Trinajstić information content (AvgIpc) is 2.25. The molecule has 0 aromatic heterocycles. The molecule has 3 N–H and O–H groups in total. The van der Waals surface area contributed by atoms with Crippen LogP contribution in [0.5, 0.6) is 0 Å². The number of rotatable bonds is 6. The van der Waals surface area contributed by atoms with Gasteiger partial charge >= 0.3 is 0 Å². The van der Waals surface area contributed by atoms with Gasteiger partial charge in [0.2, 0.25) is 5.91 Å². The van der Waals surface area contributed by atoms with Gasteiger partial charge in [-0.3, -0.25) is 4.79 Å². The lowest BCUT2D eigenvalue weighted by Gasteiger charge is -2.13. The fourth-order valence-electron chi connectivity index (χ4n) is 1.45. The molecule has 1 rings (SSSR count). The zero-order valence-electron chi connectivity index (χ0n) is 9.37. The van der Waals surface area contributed by atoms with Crippen LogP contribution in [-0.4, -0.2) is 12.5 Å². The molecule has 1 unspecified atom stereocenters. The van der Waals surface area contributed by atoms with Crippen LogP contribution >= 0.6 is 0 Å². The number of hydrogen-bond donors (Lipinski definition) is 2. The van der Waals surface area contributed by atoms with Gasteiger partial charge in [-0.25, -0.2) is 4.39 Å². The second-order valence-corrected chi connectivity index (χ2v) is 3.80. The molecule has 0 saturated carbocycles. The minimum Gasteiger partial charge on any atom is -0.370 e. The number of hydrogen-bond acceptors (Lipinski definition) is 2. The molecule has 0 spiro atoms. The molecule has 0 radical (unpaired) electrons. The summed E-state index contributed by atoms with van der Waals surface area (Å²) in [6.45, 7) is 2.72. The van der Waals surface area contributed by atoms with Crippen molar-refractivity contribution in [3.05, 3.63) is 35.6 Å². The largest absolute Gasteiger partial charge is 0.370 e. The lowest BCUT2D eigenvalue weighted by atomic mass is 10.1. The van der Waals surface area contributed by atoms with Crippen molar-refractivity contribution < 1.29 is 9.18 Å². The van der Waals surface area contributed by atoms with Crippen LogP contribution in [0, 0.1) is 5.82 Å². The van der Waals surface area contributed by atoms with Crippen molar-refractivity contribution in [3.63, 3.8) is 0 Å². The standard InChI is InChI=1S/C12H17FN2O/c1-9(15-8-2-3-12(14)16)10-4-6-11(13)7-5-10/h4-7,9,15H,2-3,8H2,1H3,(H2,14,16). The monoisotopic (exact) mass is 224 g/mol. The van der Waals surface area contributed by atoms with Gasteiger partial charge in [0.1, 0.15) is 5.82 Å². The van der Waals surface area contributed by atoms with E-state index >= 15 is 0 Å². The molecular weight excluding hydrogens is 207 g/mol. The van der Waals surface area contributed by atoms with E-state index in [4.69, 9.17) is 5.73 Å². The number of primary amides is 1. The van der Waals surface area contributed by atoms with E-state index in [1.807, 2.05) is 6.92 Å². The summed E-state index contributed by atoms with van der Waals surface area (Å²) < 4.78 is 12.7. The van der Waals surface area contributed by atoms with Crippen molar-refractivity contribution in [1.29, 1.82) is 0 Å². The molecule has 4 heteroatoms. The minimum absolute atomic E-state index is 0.147. The molecule has 1 aromatic rings. The van der Waals surface area contributed by atoms with E-state index in [1.54, 1.807) is 12.1 Å². The smallest absolute Gasteiger partial charge is 0.217 e. The summed E-state index contributed by atoms with van der Waals surface area (Å²) in [7, 11) is 0. The van der Waals surface area contributed by atoms with Gasteiger partial charge in [0.25, 0.3) is 0 Å². The van der Waals surface area contributed by atoms with Gasteiger partial charge in [-0.2, -0.15) is 0 Å². The summed E-state index contributed by atoms with van der Waals surface area (Å²) in [5.41, 5.74) is 6.06. The maximum Gasteiger partial charge on any atom is 0.217 e. The highest BCUT2D eigenvalue weighted by atomic mass is 19.1. The fraction of sp³-hybridized carbons (Fsp3) is 0.417. The molecule has 0 fully saturated rings. The predicted octanol–water partition coefficient (Wildman–Crippen LogP) is 1.74. The zero-order valence-corrected chi connectivity index (χ0v) is 9.37. The summed E-state index contributed by atoms with van der Waals surface area (Å²) in [6, 6.07) is 6.53. The van der Waals surface area contributed by atoms with Gasteiger partial charge in [0.05, 0.1) is 0 Å². The lowest BCUT2D eigenvalue weighted by molar-refractivity contribution is -0.118. The van der Waals surface area contributed by atoms with E-state index in [1.165, 1.54) is 12.1 Å². The van der Waals surface area contributed by atoms with Crippen LogP contribution < -0.4 is 11.1 Å². The van der Waals surface area contributed by atoms with Crippen LogP contribution in [0.15, 0.2) is 24.3 Å². The van der Waals surface area contributed by atoms with Gasteiger partial charge in [-0.1, -0.05) is 12.1 Å². The van der Waals surface area contributed by atoms with Gasteiger partial charge in [0.15, 0.2) is 0 Å². The summed E-state index contributed by atoms with van der Waals surface area (Å²) in [4.78, 5) is 10.5. The lowest BCUT2D eigenvalue weighted by Crippen LogP contribution is -2.21. The van der Waals surface area contributed by atoms with Crippen LogP contribution in [0.25, 0.3) is 0 Å². The molecule has 3 nitrogen and oxygen atoms in total. The molecule has 1 aromatic carbocycles. The van der Waals surface area contributed by atoms with E-state index in [0.29, 0.717) is 6.42 Å². The first kappa shape index (κ1) is 12.6. The summed E-state index contributed by atoms with van der Waals surface area (Å²) in [5.74, 6) is -0.513. The second-order valence-electron chi connectivity index (χ2n) is 3.80. The normalized spacial score (nSPS) is 12.4. The number of nitrogens with one attached hydrogen (secondary N) is 1. The predicted molar refractivity (Wildman–Crippen MR) is 61.2 cm³/mol. The third-order valence-electron chi connectivity index (χ3n) is 2.42.